The number of benzene rings is 3. The Morgan fingerprint density at radius 1 is 0.808 bits per heavy atom. The Morgan fingerprint density at radius 3 is 2.38 bits per heavy atom. The van der Waals surface area contributed by atoms with Crippen molar-refractivity contribution >= 4 is 39.0 Å². The van der Waals surface area contributed by atoms with Crippen molar-refractivity contribution in [3.05, 3.63) is 83.7 Å². The Balaban J connectivity index is 1.36. The van der Waals surface area contributed by atoms with E-state index in [0.29, 0.717) is 0 Å². The second-order valence-electron chi connectivity index (χ2n) is 6.25. The zero-order valence-electron chi connectivity index (χ0n) is 14.0. The molecule has 5 rings (SSSR count). The molecule has 1 aliphatic rings. The molecule has 0 aliphatic carbocycles. The molecule has 2 heterocycles. The smallest absolute Gasteiger partial charge is 0.194 e. The summed E-state index contributed by atoms with van der Waals surface area (Å²) in [5, 5.41) is 8.22. The van der Waals surface area contributed by atoms with Crippen molar-refractivity contribution in [2.75, 3.05) is 10.6 Å². The molecule has 1 atom stereocenters. The molecular weight excluding hydrogens is 338 g/mol. The van der Waals surface area contributed by atoms with Gasteiger partial charge in [0, 0.05) is 22.0 Å². The summed E-state index contributed by atoms with van der Waals surface area (Å²) in [6.45, 7) is 0. The van der Waals surface area contributed by atoms with Gasteiger partial charge in [-0.25, -0.2) is 4.99 Å². The summed E-state index contributed by atoms with van der Waals surface area (Å²) in [5.74, 6) is 0. The lowest BCUT2D eigenvalue weighted by Gasteiger charge is -2.22. The zero-order valence-corrected chi connectivity index (χ0v) is 14.8. The molecule has 0 saturated heterocycles. The standard InChI is InChI=1S/C22H17N3S/c1-2-6-15(7-3-1)16-10-12-17(13-11-16)24-22-23-14-20-21(25-22)18-8-4-5-9-19(18)26-20/h1-14,22,24-25H. The van der Waals surface area contributed by atoms with E-state index >= 15 is 0 Å². The van der Waals surface area contributed by atoms with Gasteiger partial charge in [0.1, 0.15) is 0 Å². The van der Waals surface area contributed by atoms with E-state index in [9.17, 15) is 0 Å². The first-order valence-electron chi connectivity index (χ1n) is 8.60. The van der Waals surface area contributed by atoms with Crippen molar-refractivity contribution in [1.29, 1.82) is 0 Å². The Bertz CT molecular complexity index is 1080. The van der Waals surface area contributed by atoms with Gasteiger partial charge in [0.2, 0.25) is 0 Å². The molecule has 0 bridgehead atoms. The quantitative estimate of drug-likeness (QED) is 0.487. The first-order chi connectivity index (χ1) is 12.9. The van der Waals surface area contributed by atoms with E-state index in [1.807, 2.05) is 12.3 Å². The molecule has 0 saturated carbocycles. The van der Waals surface area contributed by atoms with Crippen LogP contribution in [0, 0.1) is 0 Å². The molecule has 0 radical (unpaired) electrons. The van der Waals surface area contributed by atoms with Crippen LogP contribution < -0.4 is 10.6 Å². The summed E-state index contributed by atoms with van der Waals surface area (Å²) in [6.07, 6.45) is 1.80. The first kappa shape index (κ1) is 15.2. The van der Waals surface area contributed by atoms with Crippen molar-refractivity contribution in [2.45, 2.75) is 6.29 Å². The van der Waals surface area contributed by atoms with E-state index in [-0.39, 0.29) is 6.29 Å². The summed E-state index contributed by atoms with van der Waals surface area (Å²) < 4.78 is 1.28. The topological polar surface area (TPSA) is 36.4 Å². The molecule has 3 aromatic carbocycles. The lowest BCUT2D eigenvalue weighted by Crippen LogP contribution is -2.29. The number of nitrogens with zero attached hydrogens (tertiary/aromatic N) is 1. The predicted octanol–water partition coefficient (Wildman–Crippen LogP) is 5.81. The van der Waals surface area contributed by atoms with Crippen LogP contribution in [0.5, 0.6) is 0 Å². The van der Waals surface area contributed by atoms with E-state index < -0.39 is 0 Å². The fourth-order valence-corrected chi connectivity index (χ4v) is 4.29. The Kier molecular flexibility index (Phi) is 3.68. The van der Waals surface area contributed by atoms with Crippen LogP contribution in [-0.2, 0) is 0 Å². The normalized spacial score (nSPS) is 15.5. The Morgan fingerprint density at radius 2 is 1.54 bits per heavy atom. The maximum absolute atomic E-state index is 4.61. The zero-order chi connectivity index (χ0) is 17.3. The van der Waals surface area contributed by atoms with Gasteiger partial charge >= 0.3 is 0 Å². The lowest BCUT2D eigenvalue weighted by molar-refractivity contribution is 0.870. The summed E-state index contributed by atoms with van der Waals surface area (Å²) in [4.78, 5) is 5.79. The SMILES string of the molecule is C1=NC(Nc2ccc(-c3ccccc3)cc2)Nc2c1sc1ccccc21. The summed E-state index contributed by atoms with van der Waals surface area (Å²) in [6, 6.07) is 27.3. The second kappa shape index (κ2) is 6.32. The molecule has 26 heavy (non-hydrogen) atoms. The molecule has 0 amide bonds. The number of nitrogens with one attached hydrogen (secondary N) is 2. The van der Waals surface area contributed by atoms with Gasteiger partial charge in [0.05, 0.1) is 10.6 Å². The number of anilines is 2. The van der Waals surface area contributed by atoms with Gasteiger partial charge in [-0.3, -0.25) is 0 Å². The van der Waals surface area contributed by atoms with Gasteiger partial charge < -0.3 is 10.6 Å². The van der Waals surface area contributed by atoms with Crippen molar-refractivity contribution < 1.29 is 0 Å². The molecule has 4 aromatic rings. The highest BCUT2D eigenvalue weighted by atomic mass is 32.1. The van der Waals surface area contributed by atoms with Gasteiger partial charge in [-0.1, -0.05) is 60.7 Å². The molecule has 0 spiro atoms. The molecule has 1 aromatic heterocycles. The number of aliphatic imine (C=N–C) groups is 1. The molecular formula is C22H17N3S. The lowest BCUT2D eigenvalue weighted by atomic mass is 10.1. The van der Waals surface area contributed by atoms with Crippen molar-refractivity contribution in [3.63, 3.8) is 0 Å². The van der Waals surface area contributed by atoms with Crippen LogP contribution in [0.1, 0.15) is 4.88 Å². The van der Waals surface area contributed by atoms with Crippen LogP contribution in [0.3, 0.4) is 0 Å². The highest BCUT2D eigenvalue weighted by Crippen LogP contribution is 2.36. The third kappa shape index (κ3) is 2.74. The fourth-order valence-electron chi connectivity index (χ4n) is 3.24. The van der Waals surface area contributed by atoms with Crippen LogP contribution in [-0.4, -0.2) is 12.5 Å². The van der Waals surface area contributed by atoms with Crippen LogP contribution in [0.2, 0.25) is 0 Å². The van der Waals surface area contributed by atoms with Gasteiger partial charge in [-0.05, 0) is 29.3 Å². The number of thiophene rings is 1. The van der Waals surface area contributed by atoms with E-state index in [4.69, 9.17) is 0 Å². The predicted molar refractivity (Wildman–Crippen MR) is 112 cm³/mol. The third-order valence-electron chi connectivity index (χ3n) is 4.54. The van der Waals surface area contributed by atoms with Crippen LogP contribution in [0.15, 0.2) is 83.9 Å². The van der Waals surface area contributed by atoms with E-state index in [2.05, 4.69) is 88.4 Å². The van der Waals surface area contributed by atoms with Crippen LogP contribution in [0.25, 0.3) is 21.2 Å². The maximum atomic E-state index is 4.61. The number of hydrogen-bond donors (Lipinski definition) is 2. The highest BCUT2D eigenvalue weighted by Gasteiger charge is 2.18. The van der Waals surface area contributed by atoms with Crippen LogP contribution in [0.4, 0.5) is 11.4 Å². The summed E-state index contributed by atoms with van der Waals surface area (Å²) in [5.41, 5.74) is 4.64. The Labute approximate surface area is 156 Å². The average Bonchev–Trinajstić information content (AvgIpc) is 3.07. The van der Waals surface area contributed by atoms with Gasteiger partial charge in [-0.15, -0.1) is 11.3 Å². The summed E-state index contributed by atoms with van der Waals surface area (Å²) >= 11 is 1.77. The maximum Gasteiger partial charge on any atom is 0.194 e. The molecule has 4 heteroatoms. The molecule has 0 fully saturated rings. The van der Waals surface area contributed by atoms with E-state index in [1.165, 1.54) is 31.8 Å². The number of rotatable bonds is 3. The average molecular weight is 355 g/mol. The highest BCUT2D eigenvalue weighted by molar-refractivity contribution is 7.21. The third-order valence-corrected chi connectivity index (χ3v) is 5.65. The minimum Gasteiger partial charge on any atom is -0.347 e. The Hall–Kier alpha value is -3.11. The van der Waals surface area contributed by atoms with Crippen molar-refractivity contribution in [2.24, 2.45) is 4.99 Å². The van der Waals surface area contributed by atoms with Gasteiger partial charge in [0.25, 0.3) is 0 Å². The van der Waals surface area contributed by atoms with Crippen molar-refractivity contribution in [3.8, 4) is 11.1 Å². The fraction of sp³-hybridized carbons (Fsp3) is 0.0455. The van der Waals surface area contributed by atoms with Gasteiger partial charge in [-0.2, -0.15) is 0 Å². The monoisotopic (exact) mass is 355 g/mol. The molecule has 3 nitrogen and oxygen atoms in total. The summed E-state index contributed by atoms with van der Waals surface area (Å²) in [7, 11) is 0. The second-order valence-corrected chi connectivity index (χ2v) is 7.33. The largest absolute Gasteiger partial charge is 0.347 e. The van der Waals surface area contributed by atoms with Gasteiger partial charge in [0.15, 0.2) is 6.29 Å². The molecule has 1 aliphatic heterocycles. The molecule has 1 unspecified atom stereocenters. The van der Waals surface area contributed by atoms with Crippen molar-refractivity contribution in [1.82, 2.24) is 0 Å². The minimum atomic E-state index is -0.164. The van der Waals surface area contributed by atoms with E-state index in [0.717, 1.165) is 5.69 Å². The van der Waals surface area contributed by atoms with Crippen LogP contribution >= 0.6 is 11.3 Å². The molecule has 126 valence electrons. The molecule has 2 N–H and O–H groups in total. The number of hydrogen-bond acceptors (Lipinski definition) is 4. The van der Waals surface area contributed by atoms with E-state index in [1.54, 1.807) is 11.3 Å². The minimum absolute atomic E-state index is 0.164. The first-order valence-corrected chi connectivity index (χ1v) is 9.42. The number of fused-ring (bicyclic) bond motifs is 3.